The Hall–Kier alpha value is -1.13. The predicted molar refractivity (Wildman–Crippen MR) is 60.9 cm³/mol. The number of nitrogens with two attached hydrogens (primary N) is 1. The van der Waals surface area contributed by atoms with Crippen molar-refractivity contribution < 1.29 is 4.79 Å². The van der Waals surface area contributed by atoms with E-state index in [-0.39, 0.29) is 5.91 Å². The monoisotopic (exact) mass is 227 g/mol. The Balaban J connectivity index is 2.77. The Labute approximate surface area is 93.8 Å². The number of hydrogen-bond donors (Lipinski definition) is 2. The largest absolute Gasteiger partial charge is 0.323 e. The van der Waals surface area contributed by atoms with Gasteiger partial charge in [0.15, 0.2) is 0 Å². The summed E-state index contributed by atoms with van der Waals surface area (Å²) in [5, 5.41) is 3.11. The highest BCUT2D eigenvalue weighted by Crippen LogP contribution is 2.15. The molecule has 0 aromatic carbocycles. The Morgan fingerprint density at radius 2 is 2.33 bits per heavy atom. The summed E-state index contributed by atoms with van der Waals surface area (Å²) in [6, 6.07) is 2.85. The van der Waals surface area contributed by atoms with Crippen molar-refractivity contribution >= 4 is 23.2 Å². The molecule has 0 unspecified atom stereocenters. The number of amides is 1. The van der Waals surface area contributed by atoms with Crippen LogP contribution in [-0.4, -0.2) is 16.9 Å². The van der Waals surface area contributed by atoms with E-state index in [1.807, 2.05) is 6.92 Å². The van der Waals surface area contributed by atoms with Crippen LogP contribution >= 0.6 is 11.6 Å². The number of pyridine rings is 1. The molecule has 0 spiro atoms. The van der Waals surface area contributed by atoms with Gasteiger partial charge in [0.1, 0.15) is 5.15 Å². The quantitative estimate of drug-likeness (QED) is 0.773. The smallest absolute Gasteiger partial charge is 0.241 e. The molecule has 0 radical (unpaired) electrons. The molecule has 0 aliphatic carbocycles. The Morgan fingerprint density at radius 3 is 2.87 bits per heavy atom. The fourth-order valence-electron chi connectivity index (χ4n) is 1.07. The van der Waals surface area contributed by atoms with Gasteiger partial charge in [-0.2, -0.15) is 0 Å². The summed E-state index contributed by atoms with van der Waals surface area (Å²) in [6.07, 6.45) is 0.603. The van der Waals surface area contributed by atoms with Gasteiger partial charge in [0, 0.05) is 0 Å². The summed E-state index contributed by atoms with van der Waals surface area (Å²) in [6.45, 7) is 3.64. The number of anilines is 1. The minimum absolute atomic E-state index is 0.204. The molecule has 82 valence electrons. The van der Waals surface area contributed by atoms with E-state index in [4.69, 9.17) is 17.3 Å². The maximum absolute atomic E-state index is 11.5. The second kappa shape index (κ2) is 5.09. The first-order valence-corrected chi connectivity index (χ1v) is 5.12. The van der Waals surface area contributed by atoms with Crippen LogP contribution in [0, 0.1) is 6.92 Å². The molecule has 0 bridgehead atoms. The lowest BCUT2D eigenvalue weighted by Gasteiger charge is -2.11. The van der Waals surface area contributed by atoms with Crippen molar-refractivity contribution in [1.29, 1.82) is 0 Å². The number of carbonyl (C=O) groups is 1. The van der Waals surface area contributed by atoms with E-state index in [2.05, 4.69) is 10.3 Å². The lowest BCUT2D eigenvalue weighted by atomic mass is 10.2. The maximum atomic E-state index is 11.5. The molecule has 1 atom stereocenters. The third kappa shape index (κ3) is 3.18. The molecule has 4 nitrogen and oxygen atoms in total. The van der Waals surface area contributed by atoms with E-state index in [0.29, 0.717) is 23.0 Å². The fourth-order valence-corrected chi connectivity index (χ4v) is 1.26. The number of rotatable bonds is 3. The van der Waals surface area contributed by atoms with Crippen molar-refractivity contribution in [1.82, 2.24) is 4.98 Å². The average Bonchev–Trinajstić information content (AvgIpc) is 2.20. The molecular formula is C10H14ClN3O. The van der Waals surface area contributed by atoms with Crippen LogP contribution in [0.4, 0.5) is 5.69 Å². The van der Waals surface area contributed by atoms with Crippen LogP contribution in [0.2, 0.25) is 5.15 Å². The van der Waals surface area contributed by atoms with E-state index in [1.54, 1.807) is 19.1 Å². The standard InChI is InChI=1S/C10H14ClN3O/c1-3-7(12)10(15)14-8-4-5-9(11)13-6(8)2/h4-5,7H,3,12H2,1-2H3,(H,14,15)/t7-/m1/s1. The van der Waals surface area contributed by atoms with Gasteiger partial charge in [-0.3, -0.25) is 4.79 Å². The number of nitrogens with one attached hydrogen (secondary N) is 1. The molecule has 1 amide bonds. The first kappa shape index (κ1) is 11.9. The first-order valence-electron chi connectivity index (χ1n) is 4.74. The van der Waals surface area contributed by atoms with Gasteiger partial charge in [0.05, 0.1) is 17.4 Å². The minimum atomic E-state index is -0.486. The molecular weight excluding hydrogens is 214 g/mol. The first-order chi connectivity index (χ1) is 7.04. The van der Waals surface area contributed by atoms with Crippen LogP contribution < -0.4 is 11.1 Å². The van der Waals surface area contributed by atoms with Crippen LogP contribution in [0.25, 0.3) is 0 Å². The average molecular weight is 228 g/mol. The molecule has 1 rings (SSSR count). The van der Waals surface area contributed by atoms with Gasteiger partial charge >= 0.3 is 0 Å². The third-order valence-corrected chi connectivity index (χ3v) is 2.30. The molecule has 0 saturated carbocycles. The van der Waals surface area contributed by atoms with Crippen LogP contribution in [0.1, 0.15) is 19.0 Å². The maximum Gasteiger partial charge on any atom is 0.241 e. The van der Waals surface area contributed by atoms with Crippen LogP contribution in [0.15, 0.2) is 12.1 Å². The molecule has 5 heteroatoms. The second-order valence-electron chi connectivity index (χ2n) is 3.27. The van der Waals surface area contributed by atoms with Gasteiger partial charge in [0.2, 0.25) is 5.91 Å². The van der Waals surface area contributed by atoms with Crippen molar-refractivity contribution in [3.05, 3.63) is 23.0 Å². The Morgan fingerprint density at radius 1 is 1.67 bits per heavy atom. The SMILES string of the molecule is CC[C@@H](N)C(=O)Nc1ccc(Cl)nc1C. The van der Waals surface area contributed by atoms with Gasteiger partial charge in [-0.25, -0.2) is 4.98 Å². The highest BCUT2D eigenvalue weighted by atomic mass is 35.5. The summed E-state index contributed by atoms with van der Waals surface area (Å²) >= 11 is 5.69. The lowest BCUT2D eigenvalue weighted by Crippen LogP contribution is -2.35. The molecule has 0 aliphatic rings. The van der Waals surface area contributed by atoms with E-state index >= 15 is 0 Å². The van der Waals surface area contributed by atoms with Crippen molar-refractivity contribution in [2.45, 2.75) is 26.3 Å². The summed E-state index contributed by atoms with van der Waals surface area (Å²) in [7, 11) is 0. The minimum Gasteiger partial charge on any atom is -0.323 e. The predicted octanol–water partition coefficient (Wildman–Crippen LogP) is 1.72. The normalized spacial score (nSPS) is 12.3. The van der Waals surface area contributed by atoms with E-state index in [0.717, 1.165) is 0 Å². The summed E-state index contributed by atoms with van der Waals surface area (Å²) in [5.74, 6) is -0.204. The third-order valence-electron chi connectivity index (χ3n) is 2.09. The van der Waals surface area contributed by atoms with Gasteiger partial charge in [0.25, 0.3) is 0 Å². The number of nitrogens with zero attached hydrogens (tertiary/aromatic N) is 1. The molecule has 3 N–H and O–H groups in total. The van der Waals surface area contributed by atoms with Crippen molar-refractivity contribution in [2.24, 2.45) is 5.73 Å². The van der Waals surface area contributed by atoms with Gasteiger partial charge in [-0.05, 0) is 25.5 Å². The van der Waals surface area contributed by atoms with E-state index in [9.17, 15) is 4.79 Å². The zero-order valence-electron chi connectivity index (χ0n) is 8.75. The summed E-state index contributed by atoms with van der Waals surface area (Å²) in [4.78, 5) is 15.5. The summed E-state index contributed by atoms with van der Waals surface area (Å²) in [5.41, 5.74) is 6.91. The fraction of sp³-hybridized carbons (Fsp3) is 0.400. The van der Waals surface area contributed by atoms with Gasteiger partial charge < -0.3 is 11.1 Å². The molecule has 1 aromatic rings. The zero-order chi connectivity index (χ0) is 11.4. The van der Waals surface area contributed by atoms with Crippen molar-refractivity contribution in [3.63, 3.8) is 0 Å². The highest BCUT2D eigenvalue weighted by molar-refractivity contribution is 6.29. The second-order valence-corrected chi connectivity index (χ2v) is 3.66. The number of halogens is 1. The number of hydrogen-bond acceptors (Lipinski definition) is 3. The van der Waals surface area contributed by atoms with Crippen molar-refractivity contribution in [3.8, 4) is 0 Å². The van der Waals surface area contributed by atoms with E-state index < -0.39 is 6.04 Å². The Kier molecular flexibility index (Phi) is 4.05. The number of aryl methyl sites for hydroxylation is 1. The van der Waals surface area contributed by atoms with Crippen LogP contribution in [0.3, 0.4) is 0 Å². The summed E-state index contributed by atoms with van der Waals surface area (Å²) < 4.78 is 0. The molecule has 15 heavy (non-hydrogen) atoms. The number of carbonyl (C=O) groups excluding carboxylic acids is 1. The van der Waals surface area contributed by atoms with E-state index in [1.165, 1.54) is 0 Å². The van der Waals surface area contributed by atoms with Gasteiger partial charge in [-0.15, -0.1) is 0 Å². The van der Waals surface area contributed by atoms with Gasteiger partial charge in [-0.1, -0.05) is 18.5 Å². The van der Waals surface area contributed by atoms with Crippen LogP contribution in [0.5, 0.6) is 0 Å². The van der Waals surface area contributed by atoms with Crippen molar-refractivity contribution in [2.75, 3.05) is 5.32 Å². The number of aromatic nitrogens is 1. The Bertz CT molecular complexity index is 368. The molecule has 0 aliphatic heterocycles. The molecule has 0 saturated heterocycles. The lowest BCUT2D eigenvalue weighted by molar-refractivity contribution is -0.117. The topological polar surface area (TPSA) is 68.0 Å². The molecule has 1 aromatic heterocycles. The highest BCUT2D eigenvalue weighted by Gasteiger charge is 2.12. The van der Waals surface area contributed by atoms with Crippen LogP contribution in [-0.2, 0) is 4.79 Å². The zero-order valence-corrected chi connectivity index (χ0v) is 9.51. The molecule has 1 heterocycles. The molecule has 0 fully saturated rings.